The summed E-state index contributed by atoms with van der Waals surface area (Å²) in [5.41, 5.74) is 2.34. The van der Waals surface area contributed by atoms with Crippen LogP contribution in [0.4, 0.5) is 5.69 Å². The molecule has 1 amide bonds. The molecule has 0 fully saturated rings. The van der Waals surface area contributed by atoms with Gasteiger partial charge in [-0.1, -0.05) is 35.0 Å². The smallest absolute Gasteiger partial charge is 0.265 e. The van der Waals surface area contributed by atoms with Gasteiger partial charge in [-0.15, -0.1) is 11.3 Å². The summed E-state index contributed by atoms with van der Waals surface area (Å²) in [6.45, 7) is 0. The molecule has 0 aliphatic heterocycles. The van der Waals surface area contributed by atoms with Crippen molar-refractivity contribution in [2.75, 3.05) is 5.32 Å². The molecular formula is C19H13ClN4O2S. The highest BCUT2D eigenvalue weighted by Gasteiger charge is 2.14. The normalized spacial score (nSPS) is 10.7. The summed E-state index contributed by atoms with van der Waals surface area (Å²) >= 11 is 7.14. The van der Waals surface area contributed by atoms with Crippen molar-refractivity contribution in [3.05, 3.63) is 81.6 Å². The van der Waals surface area contributed by atoms with Crippen LogP contribution in [0, 0.1) is 0 Å². The number of hydrogen-bond donors (Lipinski definition) is 1. The number of thiophene rings is 1. The first-order chi connectivity index (χ1) is 13.2. The van der Waals surface area contributed by atoms with Crippen molar-refractivity contribution in [3.63, 3.8) is 0 Å². The molecule has 0 saturated carbocycles. The third kappa shape index (κ3) is 4.05. The van der Waals surface area contributed by atoms with Gasteiger partial charge in [0.25, 0.3) is 5.91 Å². The van der Waals surface area contributed by atoms with Gasteiger partial charge in [0.1, 0.15) is 0 Å². The molecule has 0 saturated heterocycles. The molecule has 134 valence electrons. The average Bonchev–Trinajstić information content (AvgIpc) is 3.33. The lowest BCUT2D eigenvalue weighted by molar-refractivity contribution is 0.103. The SMILES string of the molecule is O=C(Nc1ccccc1Cc1nc(-c2cccnc2)no1)c1ccc(Cl)s1. The van der Waals surface area contributed by atoms with Crippen molar-refractivity contribution in [3.8, 4) is 11.4 Å². The van der Waals surface area contributed by atoms with Crippen LogP contribution in [0.2, 0.25) is 4.34 Å². The van der Waals surface area contributed by atoms with E-state index in [0.29, 0.717) is 33.0 Å². The van der Waals surface area contributed by atoms with Crippen molar-refractivity contribution in [2.24, 2.45) is 0 Å². The molecule has 27 heavy (non-hydrogen) atoms. The van der Waals surface area contributed by atoms with E-state index in [0.717, 1.165) is 11.1 Å². The molecule has 6 nitrogen and oxygen atoms in total. The topological polar surface area (TPSA) is 80.9 Å². The van der Waals surface area contributed by atoms with Gasteiger partial charge in [0, 0.05) is 23.6 Å². The van der Waals surface area contributed by atoms with Crippen LogP contribution in [0.25, 0.3) is 11.4 Å². The lowest BCUT2D eigenvalue weighted by Crippen LogP contribution is -2.12. The van der Waals surface area contributed by atoms with E-state index in [-0.39, 0.29) is 5.91 Å². The molecule has 0 aliphatic rings. The number of amides is 1. The summed E-state index contributed by atoms with van der Waals surface area (Å²) in [6, 6.07) is 14.6. The Morgan fingerprint density at radius 2 is 2.04 bits per heavy atom. The number of nitrogens with zero attached hydrogens (tertiary/aromatic N) is 3. The number of anilines is 1. The van der Waals surface area contributed by atoms with Gasteiger partial charge in [0.05, 0.1) is 15.6 Å². The standard InChI is InChI=1S/C19H13ClN4O2S/c20-16-8-7-15(27-16)19(25)22-14-6-2-1-4-12(14)10-17-23-18(24-26-17)13-5-3-9-21-11-13/h1-9,11H,10H2,(H,22,25). The monoisotopic (exact) mass is 396 g/mol. The lowest BCUT2D eigenvalue weighted by Gasteiger charge is -2.08. The van der Waals surface area contributed by atoms with Crippen LogP contribution >= 0.6 is 22.9 Å². The third-order valence-electron chi connectivity index (χ3n) is 3.79. The molecular weight excluding hydrogens is 384 g/mol. The number of hydrogen-bond acceptors (Lipinski definition) is 6. The Kier molecular flexibility index (Phi) is 4.95. The molecule has 3 heterocycles. The molecule has 0 unspecified atom stereocenters. The molecule has 4 rings (SSSR count). The maximum Gasteiger partial charge on any atom is 0.265 e. The number of halogens is 1. The largest absolute Gasteiger partial charge is 0.339 e. The first-order valence-electron chi connectivity index (χ1n) is 8.06. The van der Waals surface area contributed by atoms with Crippen LogP contribution in [0.5, 0.6) is 0 Å². The fourth-order valence-corrected chi connectivity index (χ4v) is 3.46. The average molecular weight is 397 g/mol. The van der Waals surface area contributed by atoms with E-state index in [4.69, 9.17) is 16.1 Å². The molecule has 0 radical (unpaired) electrons. The number of para-hydroxylation sites is 1. The van der Waals surface area contributed by atoms with E-state index < -0.39 is 0 Å². The Labute approximate surface area is 163 Å². The predicted molar refractivity (Wildman–Crippen MR) is 104 cm³/mol. The van der Waals surface area contributed by atoms with E-state index in [9.17, 15) is 4.79 Å². The Morgan fingerprint density at radius 1 is 1.15 bits per heavy atom. The molecule has 0 aliphatic carbocycles. The molecule has 3 aromatic heterocycles. The number of nitrogens with one attached hydrogen (secondary N) is 1. The second-order valence-corrected chi connectivity index (χ2v) is 7.36. The van der Waals surface area contributed by atoms with Gasteiger partial charge in [-0.3, -0.25) is 9.78 Å². The number of pyridine rings is 1. The number of carbonyl (C=O) groups is 1. The van der Waals surface area contributed by atoms with Crippen LogP contribution in [0.3, 0.4) is 0 Å². The van der Waals surface area contributed by atoms with Crippen LogP contribution < -0.4 is 5.32 Å². The van der Waals surface area contributed by atoms with Crippen LogP contribution in [0.15, 0.2) is 65.4 Å². The first kappa shape index (κ1) is 17.4. The maximum atomic E-state index is 12.4. The van der Waals surface area contributed by atoms with E-state index in [1.54, 1.807) is 24.5 Å². The molecule has 0 atom stereocenters. The Hall–Kier alpha value is -3.03. The van der Waals surface area contributed by atoms with Crippen LogP contribution in [0.1, 0.15) is 21.1 Å². The van der Waals surface area contributed by atoms with Crippen molar-refractivity contribution in [2.45, 2.75) is 6.42 Å². The van der Waals surface area contributed by atoms with E-state index in [2.05, 4.69) is 20.4 Å². The van der Waals surface area contributed by atoms with Crippen molar-refractivity contribution in [1.82, 2.24) is 15.1 Å². The van der Waals surface area contributed by atoms with Gasteiger partial charge in [0.15, 0.2) is 0 Å². The fraction of sp³-hybridized carbons (Fsp3) is 0.0526. The molecule has 8 heteroatoms. The van der Waals surface area contributed by atoms with Crippen molar-refractivity contribution >= 4 is 34.5 Å². The van der Waals surface area contributed by atoms with Crippen LogP contribution in [-0.4, -0.2) is 21.0 Å². The van der Waals surface area contributed by atoms with E-state index >= 15 is 0 Å². The minimum atomic E-state index is -0.207. The minimum absolute atomic E-state index is 0.207. The molecule has 4 aromatic rings. The highest BCUT2D eigenvalue weighted by Crippen LogP contribution is 2.24. The number of aromatic nitrogens is 3. The predicted octanol–water partition coefficient (Wildman–Crippen LogP) is 4.69. The van der Waals surface area contributed by atoms with Gasteiger partial charge in [0.2, 0.25) is 11.7 Å². The van der Waals surface area contributed by atoms with Gasteiger partial charge >= 0.3 is 0 Å². The van der Waals surface area contributed by atoms with Crippen molar-refractivity contribution < 1.29 is 9.32 Å². The van der Waals surface area contributed by atoms with Crippen LogP contribution in [-0.2, 0) is 6.42 Å². The minimum Gasteiger partial charge on any atom is -0.339 e. The quantitative estimate of drug-likeness (QED) is 0.529. The number of carbonyl (C=O) groups excluding carboxylic acids is 1. The van der Waals surface area contributed by atoms with Gasteiger partial charge < -0.3 is 9.84 Å². The van der Waals surface area contributed by atoms with Gasteiger partial charge in [-0.2, -0.15) is 4.98 Å². The summed E-state index contributed by atoms with van der Waals surface area (Å²) in [6.07, 6.45) is 3.76. The zero-order valence-electron chi connectivity index (χ0n) is 13.9. The third-order valence-corrected chi connectivity index (χ3v) is 5.02. The molecule has 0 bridgehead atoms. The van der Waals surface area contributed by atoms with Crippen molar-refractivity contribution in [1.29, 1.82) is 0 Å². The molecule has 1 aromatic carbocycles. The van der Waals surface area contributed by atoms with Gasteiger partial charge in [-0.05, 0) is 35.9 Å². The Morgan fingerprint density at radius 3 is 2.81 bits per heavy atom. The lowest BCUT2D eigenvalue weighted by atomic mass is 10.1. The summed E-state index contributed by atoms with van der Waals surface area (Å²) < 4.78 is 5.93. The first-order valence-corrected chi connectivity index (χ1v) is 9.26. The zero-order valence-corrected chi connectivity index (χ0v) is 15.5. The van der Waals surface area contributed by atoms with E-state index in [1.165, 1.54) is 11.3 Å². The summed E-state index contributed by atoms with van der Waals surface area (Å²) in [7, 11) is 0. The second kappa shape index (κ2) is 7.69. The Balaban J connectivity index is 1.53. The second-order valence-electron chi connectivity index (χ2n) is 5.65. The van der Waals surface area contributed by atoms with Gasteiger partial charge in [-0.25, -0.2) is 0 Å². The maximum absolute atomic E-state index is 12.4. The summed E-state index contributed by atoms with van der Waals surface area (Å²) in [5.74, 6) is 0.725. The van der Waals surface area contributed by atoms with E-state index in [1.807, 2.05) is 36.4 Å². The number of benzene rings is 1. The highest BCUT2D eigenvalue weighted by atomic mass is 35.5. The zero-order chi connectivity index (χ0) is 18.6. The highest BCUT2D eigenvalue weighted by molar-refractivity contribution is 7.18. The fourth-order valence-electron chi connectivity index (χ4n) is 2.52. The summed E-state index contributed by atoms with van der Waals surface area (Å²) in [4.78, 5) is 21.4. The summed E-state index contributed by atoms with van der Waals surface area (Å²) in [5, 5.41) is 6.91. The number of rotatable bonds is 5. The molecule has 0 spiro atoms. The molecule has 1 N–H and O–H groups in total. The Bertz CT molecular complexity index is 1080.